The van der Waals surface area contributed by atoms with Gasteiger partial charge in [0.1, 0.15) is 0 Å². The van der Waals surface area contributed by atoms with Crippen molar-refractivity contribution in [3.8, 4) is 0 Å². The van der Waals surface area contributed by atoms with E-state index in [2.05, 4.69) is 10.3 Å². The third-order valence-electron chi connectivity index (χ3n) is 2.53. The molecule has 1 unspecified atom stereocenters. The van der Waals surface area contributed by atoms with E-state index in [1.165, 1.54) is 0 Å². The average molecular weight is 251 g/mol. The second-order valence-corrected chi connectivity index (χ2v) is 4.23. The van der Waals surface area contributed by atoms with Crippen molar-refractivity contribution in [3.63, 3.8) is 0 Å². The lowest BCUT2D eigenvalue weighted by atomic mass is 10.1. The molecule has 0 fully saturated rings. The summed E-state index contributed by atoms with van der Waals surface area (Å²) in [5.74, 6) is -0.448. The van der Waals surface area contributed by atoms with Crippen molar-refractivity contribution in [2.24, 2.45) is 11.7 Å². The summed E-state index contributed by atoms with van der Waals surface area (Å²) in [5.41, 5.74) is 6.64. The van der Waals surface area contributed by atoms with E-state index in [-0.39, 0.29) is 16.8 Å². The molecule has 1 atom stereocenters. The second kappa shape index (κ2) is 6.96. The van der Waals surface area contributed by atoms with Crippen LogP contribution in [-0.4, -0.2) is 22.4 Å². The smallest absolute Gasteiger partial charge is 0.229 e. The lowest BCUT2D eigenvalue weighted by Gasteiger charge is -2.13. The Morgan fingerprint density at radius 2 is 2.18 bits per heavy atom. The summed E-state index contributed by atoms with van der Waals surface area (Å²) in [6.45, 7) is 2.48. The summed E-state index contributed by atoms with van der Waals surface area (Å²) < 4.78 is 0. The van der Waals surface area contributed by atoms with E-state index in [0.717, 1.165) is 12.0 Å². The van der Waals surface area contributed by atoms with Crippen molar-refractivity contribution in [2.75, 3.05) is 6.54 Å². The van der Waals surface area contributed by atoms with Gasteiger partial charge in [-0.25, -0.2) is 0 Å². The van der Waals surface area contributed by atoms with Crippen LogP contribution in [0.5, 0.6) is 0 Å². The number of carbonyl (C=O) groups excluding carboxylic acids is 1. The molecule has 0 saturated carbocycles. The van der Waals surface area contributed by atoms with Gasteiger partial charge < -0.3 is 11.1 Å². The van der Waals surface area contributed by atoms with Crippen molar-refractivity contribution in [3.05, 3.63) is 30.1 Å². The van der Waals surface area contributed by atoms with Crippen LogP contribution in [0.15, 0.2) is 24.5 Å². The zero-order valence-corrected chi connectivity index (χ0v) is 10.7. The van der Waals surface area contributed by atoms with E-state index in [1.54, 1.807) is 12.4 Å². The normalized spacial score (nSPS) is 11.8. The minimum Gasteiger partial charge on any atom is -0.393 e. The summed E-state index contributed by atoms with van der Waals surface area (Å²) in [7, 11) is 0. The van der Waals surface area contributed by atoms with Gasteiger partial charge in [-0.15, -0.1) is 0 Å². The molecule has 0 bridgehead atoms. The first-order valence-electron chi connectivity index (χ1n) is 5.61. The summed E-state index contributed by atoms with van der Waals surface area (Å²) >= 11 is 4.84. The number of aromatic nitrogens is 1. The number of thiocarbonyl (C=S) groups is 1. The van der Waals surface area contributed by atoms with Crippen molar-refractivity contribution in [2.45, 2.75) is 19.8 Å². The maximum atomic E-state index is 11.7. The molecule has 1 amide bonds. The van der Waals surface area contributed by atoms with Gasteiger partial charge >= 0.3 is 0 Å². The third-order valence-corrected chi connectivity index (χ3v) is 2.81. The first-order valence-corrected chi connectivity index (χ1v) is 6.02. The van der Waals surface area contributed by atoms with Gasteiger partial charge in [0.15, 0.2) is 0 Å². The lowest BCUT2D eigenvalue weighted by molar-refractivity contribution is -0.123. The molecule has 0 aliphatic rings. The minimum atomic E-state index is -0.359. The van der Waals surface area contributed by atoms with Gasteiger partial charge in [-0.05, 0) is 30.5 Å². The van der Waals surface area contributed by atoms with E-state index < -0.39 is 0 Å². The minimum absolute atomic E-state index is 0.0888. The van der Waals surface area contributed by atoms with Gasteiger partial charge in [0.25, 0.3) is 0 Å². The Kier molecular flexibility index (Phi) is 5.56. The maximum absolute atomic E-state index is 11.7. The molecule has 1 heterocycles. The number of amides is 1. The molecule has 0 aliphatic heterocycles. The standard InChI is InChI=1S/C12H17N3OS/c1-2-10(11(13)17)12(16)15-8-5-9-3-6-14-7-4-9/h3-4,6-7,10H,2,5,8H2,1H3,(H2,13,17)(H,15,16). The van der Waals surface area contributed by atoms with Gasteiger partial charge in [-0.1, -0.05) is 19.1 Å². The van der Waals surface area contributed by atoms with Crippen LogP contribution in [-0.2, 0) is 11.2 Å². The van der Waals surface area contributed by atoms with Gasteiger partial charge in [0.05, 0.1) is 10.9 Å². The van der Waals surface area contributed by atoms with E-state index in [9.17, 15) is 4.79 Å². The number of pyridine rings is 1. The molecule has 4 nitrogen and oxygen atoms in total. The molecule has 0 saturated heterocycles. The molecule has 1 aromatic heterocycles. The quantitative estimate of drug-likeness (QED) is 0.742. The monoisotopic (exact) mass is 251 g/mol. The maximum Gasteiger partial charge on any atom is 0.229 e. The summed E-state index contributed by atoms with van der Waals surface area (Å²) in [5, 5.41) is 2.84. The lowest BCUT2D eigenvalue weighted by Crippen LogP contribution is -2.38. The molecular weight excluding hydrogens is 234 g/mol. The molecule has 0 radical (unpaired) electrons. The number of carbonyl (C=O) groups is 1. The predicted octanol–water partition coefficient (Wildman–Crippen LogP) is 1.05. The first kappa shape index (κ1) is 13.6. The molecule has 0 spiro atoms. The molecule has 1 rings (SSSR count). The fraction of sp³-hybridized carbons (Fsp3) is 0.417. The number of hydrogen-bond acceptors (Lipinski definition) is 3. The van der Waals surface area contributed by atoms with Crippen LogP contribution in [0.4, 0.5) is 0 Å². The highest BCUT2D eigenvalue weighted by Crippen LogP contribution is 2.03. The summed E-state index contributed by atoms with van der Waals surface area (Å²) in [6, 6.07) is 3.86. The highest BCUT2D eigenvalue weighted by Gasteiger charge is 2.18. The first-order chi connectivity index (χ1) is 8.15. The van der Waals surface area contributed by atoms with E-state index in [4.69, 9.17) is 18.0 Å². The van der Waals surface area contributed by atoms with Crippen LogP contribution in [0.2, 0.25) is 0 Å². The van der Waals surface area contributed by atoms with Gasteiger partial charge in [0.2, 0.25) is 5.91 Å². The number of hydrogen-bond donors (Lipinski definition) is 2. The number of rotatable bonds is 6. The average Bonchev–Trinajstić information content (AvgIpc) is 2.30. The van der Waals surface area contributed by atoms with Crippen LogP contribution < -0.4 is 11.1 Å². The van der Waals surface area contributed by atoms with Crippen molar-refractivity contribution < 1.29 is 4.79 Å². The van der Waals surface area contributed by atoms with Crippen molar-refractivity contribution in [1.82, 2.24) is 10.3 Å². The number of nitrogens with zero attached hydrogens (tertiary/aromatic N) is 1. The Labute approximate surface area is 107 Å². The Morgan fingerprint density at radius 3 is 2.71 bits per heavy atom. The summed E-state index contributed by atoms with van der Waals surface area (Å²) in [4.78, 5) is 15.9. The zero-order chi connectivity index (χ0) is 12.7. The van der Waals surface area contributed by atoms with Crippen molar-refractivity contribution >= 4 is 23.1 Å². The highest BCUT2D eigenvalue weighted by atomic mass is 32.1. The largest absolute Gasteiger partial charge is 0.393 e. The molecule has 0 aromatic carbocycles. The van der Waals surface area contributed by atoms with Gasteiger partial charge in [0, 0.05) is 18.9 Å². The SMILES string of the molecule is CCC(C(=O)NCCc1ccncc1)C(N)=S. The van der Waals surface area contributed by atoms with Crippen LogP contribution in [0.1, 0.15) is 18.9 Å². The Balaban J connectivity index is 2.36. The molecule has 0 aliphatic carbocycles. The molecular formula is C12H17N3OS. The molecule has 1 aromatic rings. The van der Waals surface area contributed by atoms with E-state index in [1.807, 2.05) is 19.1 Å². The number of nitrogens with two attached hydrogens (primary N) is 1. The Morgan fingerprint density at radius 1 is 1.53 bits per heavy atom. The van der Waals surface area contributed by atoms with Gasteiger partial charge in [-0.2, -0.15) is 0 Å². The van der Waals surface area contributed by atoms with Crippen molar-refractivity contribution in [1.29, 1.82) is 0 Å². The summed E-state index contributed by atoms with van der Waals surface area (Å²) in [6.07, 6.45) is 4.89. The highest BCUT2D eigenvalue weighted by molar-refractivity contribution is 7.80. The van der Waals surface area contributed by atoms with E-state index >= 15 is 0 Å². The fourth-order valence-corrected chi connectivity index (χ4v) is 1.79. The van der Waals surface area contributed by atoms with Crippen LogP contribution in [0.25, 0.3) is 0 Å². The fourth-order valence-electron chi connectivity index (χ4n) is 1.52. The third kappa shape index (κ3) is 4.48. The van der Waals surface area contributed by atoms with Crippen LogP contribution in [0.3, 0.4) is 0 Å². The number of nitrogens with one attached hydrogen (secondary N) is 1. The molecule has 5 heteroatoms. The van der Waals surface area contributed by atoms with E-state index in [0.29, 0.717) is 13.0 Å². The predicted molar refractivity (Wildman–Crippen MR) is 71.5 cm³/mol. The second-order valence-electron chi connectivity index (χ2n) is 3.76. The van der Waals surface area contributed by atoms with Crippen LogP contribution >= 0.6 is 12.2 Å². The topological polar surface area (TPSA) is 68.0 Å². The Bertz CT molecular complexity index is 381. The zero-order valence-electron chi connectivity index (χ0n) is 9.85. The van der Waals surface area contributed by atoms with Gasteiger partial charge in [-0.3, -0.25) is 9.78 Å². The Hall–Kier alpha value is -1.49. The van der Waals surface area contributed by atoms with Crippen LogP contribution in [0, 0.1) is 5.92 Å². The molecule has 92 valence electrons. The molecule has 3 N–H and O–H groups in total. The molecule has 17 heavy (non-hydrogen) atoms.